The first-order valence-corrected chi connectivity index (χ1v) is 10.1. The maximum absolute atomic E-state index is 12.7. The Balaban J connectivity index is 1.67. The van der Waals surface area contributed by atoms with E-state index < -0.39 is 6.10 Å². The summed E-state index contributed by atoms with van der Waals surface area (Å²) < 4.78 is 5.75. The molecular weight excluding hydrogens is 340 g/mol. The van der Waals surface area contributed by atoms with Crippen LogP contribution in [0.5, 0.6) is 0 Å². The van der Waals surface area contributed by atoms with Crippen LogP contribution in [0.1, 0.15) is 65.0 Å². The van der Waals surface area contributed by atoms with Crippen molar-refractivity contribution in [1.29, 1.82) is 0 Å². The van der Waals surface area contributed by atoms with Crippen molar-refractivity contribution < 1.29 is 14.6 Å². The van der Waals surface area contributed by atoms with Crippen molar-refractivity contribution in [1.82, 2.24) is 5.01 Å². The molecule has 2 bridgehead atoms. The van der Waals surface area contributed by atoms with Crippen LogP contribution < -0.4 is 0 Å². The molecule has 1 aromatic rings. The summed E-state index contributed by atoms with van der Waals surface area (Å²) in [5, 5.41) is 17.3. The molecule has 2 saturated carbocycles. The van der Waals surface area contributed by atoms with Crippen LogP contribution in [-0.2, 0) is 4.74 Å². The number of ether oxygens (including phenoxy) is 1. The number of carbonyl (C=O) groups is 1. The Morgan fingerprint density at radius 3 is 2.70 bits per heavy atom. The van der Waals surface area contributed by atoms with E-state index >= 15 is 0 Å². The average molecular weight is 370 g/mol. The van der Waals surface area contributed by atoms with Crippen LogP contribution in [0.15, 0.2) is 35.4 Å². The number of nitrogens with zero attached hydrogens (tertiary/aromatic N) is 2. The molecule has 0 radical (unpaired) electrons. The van der Waals surface area contributed by atoms with Gasteiger partial charge in [-0.2, -0.15) is 10.1 Å². The number of fused-ring (bicyclic) bond motifs is 1. The zero-order chi connectivity index (χ0) is 19.4. The number of amides is 1. The molecule has 1 N–H and O–H groups in total. The Bertz CT molecular complexity index is 760. The van der Waals surface area contributed by atoms with E-state index in [9.17, 15) is 9.90 Å². The second-order valence-corrected chi connectivity index (χ2v) is 8.89. The molecule has 1 heterocycles. The van der Waals surface area contributed by atoms with Crippen LogP contribution in [0.2, 0.25) is 0 Å². The second kappa shape index (κ2) is 6.33. The van der Waals surface area contributed by atoms with E-state index in [1.165, 1.54) is 0 Å². The van der Waals surface area contributed by atoms with Gasteiger partial charge in [0.1, 0.15) is 11.6 Å². The lowest BCUT2D eigenvalue weighted by molar-refractivity contribution is 0.0559. The minimum absolute atomic E-state index is 0.00649. The number of hydrogen-bond donors (Lipinski definition) is 1. The number of benzene rings is 1. The molecular formula is C22H30N2O3. The van der Waals surface area contributed by atoms with Gasteiger partial charge in [0.25, 0.3) is 0 Å². The lowest BCUT2D eigenvalue weighted by atomic mass is 9.75. The molecule has 0 aromatic heterocycles. The highest BCUT2D eigenvalue weighted by Gasteiger charge is 2.73. The summed E-state index contributed by atoms with van der Waals surface area (Å²) in [5.41, 5.74) is 1.36. The third-order valence-corrected chi connectivity index (χ3v) is 7.57. The zero-order valence-electron chi connectivity index (χ0n) is 16.7. The fourth-order valence-corrected chi connectivity index (χ4v) is 5.73. The van der Waals surface area contributed by atoms with Crippen LogP contribution in [0.3, 0.4) is 0 Å². The summed E-state index contributed by atoms with van der Waals surface area (Å²) in [6, 6.07) is 9.64. The third-order valence-electron chi connectivity index (χ3n) is 7.57. The SMILES string of the molecule is CC/C(=N\N1C(=O)OC2CC3CCC21C3(C)C)[C@H](C)[C@H](O)c1ccccc1. The summed E-state index contributed by atoms with van der Waals surface area (Å²) in [7, 11) is 0. The van der Waals surface area contributed by atoms with E-state index in [1.54, 1.807) is 5.01 Å². The quantitative estimate of drug-likeness (QED) is 0.775. The van der Waals surface area contributed by atoms with E-state index in [4.69, 9.17) is 9.84 Å². The van der Waals surface area contributed by atoms with Crippen molar-refractivity contribution >= 4 is 11.8 Å². The standard InChI is InChI=1S/C22H30N2O3/c1-5-17(14(2)19(25)15-9-7-6-8-10-15)23-24-20(26)27-18-13-16-11-12-22(18,24)21(16,3)4/h6-10,14,16,18-19,25H,5,11-13H2,1-4H3/b23-17+/t14-,16?,18?,19-,22?/m0/s1. The van der Waals surface area contributed by atoms with E-state index in [2.05, 4.69) is 13.8 Å². The summed E-state index contributed by atoms with van der Waals surface area (Å²) in [4.78, 5) is 12.7. The first-order valence-electron chi connectivity index (χ1n) is 10.1. The highest BCUT2D eigenvalue weighted by atomic mass is 16.6. The fraction of sp³-hybridized carbons (Fsp3) is 0.636. The minimum atomic E-state index is -0.648. The largest absolute Gasteiger partial charge is 0.442 e. The first kappa shape index (κ1) is 18.5. The van der Waals surface area contributed by atoms with Crippen molar-refractivity contribution in [3.8, 4) is 0 Å². The van der Waals surface area contributed by atoms with Crippen LogP contribution in [0.25, 0.3) is 0 Å². The van der Waals surface area contributed by atoms with Crippen molar-refractivity contribution in [2.45, 2.75) is 71.1 Å². The van der Waals surface area contributed by atoms with Gasteiger partial charge >= 0.3 is 6.09 Å². The number of hydrazone groups is 1. The summed E-state index contributed by atoms with van der Waals surface area (Å²) in [6.45, 7) is 8.51. The molecule has 27 heavy (non-hydrogen) atoms. The van der Waals surface area contributed by atoms with Gasteiger partial charge in [-0.25, -0.2) is 4.79 Å². The molecule has 1 amide bonds. The van der Waals surface area contributed by atoms with Gasteiger partial charge in [-0.3, -0.25) is 0 Å². The molecule has 1 spiro atoms. The van der Waals surface area contributed by atoms with E-state index in [0.717, 1.165) is 30.5 Å². The van der Waals surface area contributed by atoms with Gasteiger partial charge in [-0.15, -0.1) is 0 Å². The maximum atomic E-state index is 12.7. The first-order chi connectivity index (χ1) is 12.8. The molecule has 1 saturated heterocycles. The number of rotatable bonds is 5. The van der Waals surface area contributed by atoms with Crippen LogP contribution in [-0.4, -0.2) is 33.6 Å². The number of aliphatic hydroxyl groups excluding tert-OH is 1. The number of aliphatic hydroxyl groups is 1. The van der Waals surface area contributed by atoms with Gasteiger partial charge in [-0.1, -0.05) is 58.0 Å². The van der Waals surface area contributed by atoms with Gasteiger partial charge in [-0.05, 0) is 42.6 Å². The Labute approximate surface area is 161 Å². The van der Waals surface area contributed by atoms with Gasteiger partial charge < -0.3 is 9.84 Å². The molecule has 1 aromatic carbocycles. The lowest BCUT2D eigenvalue weighted by Gasteiger charge is -2.40. The number of hydrogen-bond acceptors (Lipinski definition) is 4. The van der Waals surface area contributed by atoms with Crippen molar-refractivity contribution in [3.05, 3.63) is 35.9 Å². The molecule has 3 fully saturated rings. The van der Waals surface area contributed by atoms with E-state index in [0.29, 0.717) is 12.3 Å². The highest BCUT2D eigenvalue weighted by Crippen LogP contribution is 2.66. The van der Waals surface area contributed by atoms with Crippen LogP contribution >= 0.6 is 0 Å². The number of carbonyl (C=O) groups excluding carboxylic acids is 1. The van der Waals surface area contributed by atoms with E-state index in [-0.39, 0.29) is 29.1 Å². The molecule has 5 heteroatoms. The molecule has 3 unspecified atom stereocenters. The molecule has 2 aliphatic carbocycles. The van der Waals surface area contributed by atoms with Crippen LogP contribution in [0.4, 0.5) is 4.79 Å². The monoisotopic (exact) mass is 370 g/mol. The van der Waals surface area contributed by atoms with Gasteiger partial charge in [0.2, 0.25) is 0 Å². The summed E-state index contributed by atoms with van der Waals surface area (Å²) >= 11 is 0. The zero-order valence-corrected chi connectivity index (χ0v) is 16.7. The van der Waals surface area contributed by atoms with Crippen molar-refractivity contribution in [3.63, 3.8) is 0 Å². The lowest BCUT2D eigenvalue weighted by Crippen LogP contribution is -2.53. The molecule has 1 aliphatic heterocycles. The molecule has 4 rings (SSSR count). The molecule has 146 valence electrons. The van der Waals surface area contributed by atoms with Gasteiger partial charge in [0.15, 0.2) is 0 Å². The summed E-state index contributed by atoms with van der Waals surface area (Å²) in [6.07, 6.45) is 2.64. The predicted molar refractivity (Wildman–Crippen MR) is 104 cm³/mol. The average Bonchev–Trinajstić information content (AvgIpc) is 3.18. The Morgan fingerprint density at radius 1 is 1.37 bits per heavy atom. The second-order valence-electron chi connectivity index (χ2n) is 8.89. The third kappa shape index (κ3) is 2.47. The topological polar surface area (TPSA) is 62.1 Å². The van der Waals surface area contributed by atoms with Gasteiger partial charge in [0.05, 0.1) is 6.10 Å². The van der Waals surface area contributed by atoms with Crippen molar-refractivity contribution in [2.24, 2.45) is 22.4 Å². The van der Waals surface area contributed by atoms with Crippen molar-refractivity contribution in [2.75, 3.05) is 0 Å². The van der Waals surface area contributed by atoms with Gasteiger partial charge in [0, 0.05) is 11.6 Å². The maximum Gasteiger partial charge on any atom is 0.431 e. The van der Waals surface area contributed by atoms with E-state index in [1.807, 2.05) is 44.2 Å². The molecule has 5 nitrogen and oxygen atoms in total. The Morgan fingerprint density at radius 2 is 2.07 bits per heavy atom. The summed E-state index contributed by atoms with van der Waals surface area (Å²) in [5.74, 6) is 0.396. The van der Waals surface area contributed by atoms with Crippen LogP contribution in [0, 0.1) is 17.3 Å². The Kier molecular flexibility index (Phi) is 4.34. The fourth-order valence-electron chi connectivity index (χ4n) is 5.73. The Hall–Kier alpha value is -1.88. The minimum Gasteiger partial charge on any atom is -0.442 e. The molecule has 5 atom stereocenters. The highest BCUT2D eigenvalue weighted by molar-refractivity contribution is 5.88. The normalized spacial score (nSPS) is 33.7. The predicted octanol–water partition coefficient (Wildman–Crippen LogP) is 4.52. The smallest absolute Gasteiger partial charge is 0.431 e. The molecule has 3 aliphatic rings.